The minimum atomic E-state index is 0.765. The Hall–Kier alpha value is -2.09. The van der Waals surface area contributed by atoms with E-state index in [1.54, 1.807) is 24.3 Å². The largest absolute Gasteiger partial charge is 0.369 e. The van der Waals surface area contributed by atoms with Crippen molar-refractivity contribution in [2.45, 2.75) is 18.0 Å². The molecular weight excluding hydrogens is 274 g/mol. The topological polar surface area (TPSA) is 84.3 Å². The Balaban J connectivity index is 1.66. The van der Waals surface area contributed by atoms with Crippen molar-refractivity contribution in [2.75, 3.05) is 18.1 Å². The van der Waals surface area contributed by atoms with Gasteiger partial charge in [-0.15, -0.1) is 11.8 Å². The van der Waals surface area contributed by atoms with E-state index in [4.69, 9.17) is 0 Å². The van der Waals surface area contributed by atoms with E-state index < -0.39 is 0 Å². The first-order valence-electron chi connectivity index (χ1n) is 6.31. The molecule has 0 spiro atoms. The minimum Gasteiger partial charge on any atom is -0.369 e. The van der Waals surface area contributed by atoms with Crippen molar-refractivity contribution in [3.63, 3.8) is 0 Å². The van der Waals surface area contributed by atoms with Crippen LogP contribution in [-0.2, 0) is 6.54 Å². The Morgan fingerprint density at radius 3 is 3.15 bits per heavy atom. The Kier molecular flexibility index (Phi) is 3.82. The van der Waals surface area contributed by atoms with Crippen molar-refractivity contribution < 1.29 is 0 Å². The molecule has 0 aromatic carbocycles. The van der Waals surface area contributed by atoms with Gasteiger partial charge in [-0.3, -0.25) is 5.10 Å². The number of aryl methyl sites for hydroxylation is 1. The van der Waals surface area contributed by atoms with Crippen LogP contribution in [0.15, 0.2) is 30.1 Å². The zero-order valence-electron chi connectivity index (χ0n) is 11.1. The van der Waals surface area contributed by atoms with Gasteiger partial charge in [0.2, 0.25) is 0 Å². The molecule has 3 rings (SSSR count). The lowest BCUT2D eigenvalue weighted by Crippen LogP contribution is -2.07. The maximum Gasteiger partial charge on any atom is 0.161 e. The Labute approximate surface area is 120 Å². The van der Waals surface area contributed by atoms with Crippen molar-refractivity contribution in [2.24, 2.45) is 0 Å². The third-order valence-corrected chi connectivity index (χ3v) is 3.64. The molecule has 8 heteroatoms. The van der Waals surface area contributed by atoms with Gasteiger partial charge in [0.1, 0.15) is 17.2 Å². The summed E-state index contributed by atoms with van der Waals surface area (Å²) in [5.74, 6) is 0.832. The highest BCUT2D eigenvalue weighted by Crippen LogP contribution is 2.27. The summed E-state index contributed by atoms with van der Waals surface area (Å²) in [5, 5.41) is 12.4. The number of H-pyrrole nitrogens is 1. The van der Waals surface area contributed by atoms with Crippen molar-refractivity contribution in [3.8, 4) is 0 Å². The van der Waals surface area contributed by atoms with E-state index >= 15 is 0 Å². The van der Waals surface area contributed by atoms with Crippen LogP contribution in [-0.4, -0.2) is 42.5 Å². The van der Waals surface area contributed by atoms with Crippen molar-refractivity contribution >= 4 is 28.6 Å². The molecule has 0 aliphatic heterocycles. The highest BCUT2D eigenvalue weighted by atomic mass is 32.2. The lowest BCUT2D eigenvalue weighted by atomic mass is 10.3. The number of aromatic nitrogens is 6. The second-order valence-electron chi connectivity index (χ2n) is 4.26. The number of aromatic amines is 1. The Bertz CT molecular complexity index is 676. The first-order valence-corrected chi connectivity index (χ1v) is 7.53. The summed E-state index contributed by atoms with van der Waals surface area (Å²) in [6.07, 6.45) is 10.1. The molecule has 0 fully saturated rings. The molecule has 3 aromatic rings. The Morgan fingerprint density at radius 2 is 2.35 bits per heavy atom. The molecule has 0 radical (unpaired) electrons. The smallest absolute Gasteiger partial charge is 0.161 e. The molecule has 104 valence electrons. The standard InChI is InChI=1S/C12H15N7S/c1-20-12-9-10(15-7-16-11(9)17-18-12)14-3-2-5-19-6-4-13-8-19/h4,6-8H,2-3,5H2,1H3,(H2,14,15,16,17,18). The van der Waals surface area contributed by atoms with Gasteiger partial charge in [-0.05, 0) is 12.7 Å². The second-order valence-corrected chi connectivity index (χ2v) is 5.05. The number of thioether (sulfide) groups is 1. The van der Waals surface area contributed by atoms with E-state index in [0.29, 0.717) is 0 Å². The van der Waals surface area contributed by atoms with E-state index in [2.05, 4.69) is 35.0 Å². The average molecular weight is 289 g/mol. The van der Waals surface area contributed by atoms with Crippen LogP contribution >= 0.6 is 11.8 Å². The predicted octanol–water partition coefficient (Wildman–Crippen LogP) is 1.77. The van der Waals surface area contributed by atoms with Crippen molar-refractivity contribution in [3.05, 3.63) is 25.0 Å². The van der Waals surface area contributed by atoms with Gasteiger partial charge < -0.3 is 9.88 Å². The molecule has 3 heterocycles. The molecule has 0 atom stereocenters. The lowest BCUT2D eigenvalue weighted by Gasteiger charge is -2.07. The number of nitrogens with one attached hydrogen (secondary N) is 2. The number of nitrogens with zero attached hydrogens (tertiary/aromatic N) is 5. The van der Waals surface area contributed by atoms with Gasteiger partial charge in [-0.1, -0.05) is 0 Å². The zero-order valence-corrected chi connectivity index (χ0v) is 11.9. The molecular formula is C12H15N7S. The number of hydrogen-bond acceptors (Lipinski definition) is 6. The molecule has 0 aliphatic carbocycles. The van der Waals surface area contributed by atoms with Gasteiger partial charge in [-0.25, -0.2) is 15.0 Å². The van der Waals surface area contributed by atoms with Crippen molar-refractivity contribution in [1.29, 1.82) is 0 Å². The van der Waals surface area contributed by atoms with Crippen LogP contribution in [0.5, 0.6) is 0 Å². The number of hydrogen-bond donors (Lipinski definition) is 2. The highest BCUT2D eigenvalue weighted by Gasteiger charge is 2.11. The third kappa shape index (κ3) is 2.60. The van der Waals surface area contributed by atoms with E-state index in [1.165, 1.54) is 0 Å². The number of fused-ring (bicyclic) bond motifs is 1. The van der Waals surface area contributed by atoms with Gasteiger partial charge >= 0.3 is 0 Å². The molecule has 0 saturated heterocycles. The molecule has 7 nitrogen and oxygen atoms in total. The molecule has 0 bridgehead atoms. The quantitative estimate of drug-likeness (QED) is 0.531. The predicted molar refractivity (Wildman–Crippen MR) is 78.8 cm³/mol. The van der Waals surface area contributed by atoms with Crippen molar-refractivity contribution in [1.82, 2.24) is 29.7 Å². The van der Waals surface area contributed by atoms with Crippen LogP contribution in [0.4, 0.5) is 5.82 Å². The summed E-state index contributed by atoms with van der Waals surface area (Å²) in [6.45, 7) is 1.77. The number of rotatable bonds is 6. The summed E-state index contributed by atoms with van der Waals surface area (Å²) in [5.41, 5.74) is 0.765. The fourth-order valence-electron chi connectivity index (χ4n) is 2.00. The molecule has 0 saturated carbocycles. The molecule has 0 aliphatic rings. The number of imidazole rings is 1. The first-order chi connectivity index (χ1) is 9.88. The van der Waals surface area contributed by atoms with E-state index in [0.717, 1.165) is 41.4 Å². The Morgan fingerprint density at radius 1 is 1.40 bits per heavy atom. The lowest BCUT2D eigenvalue weighted by molar-refractivity contribution is 0.660. The minimum absolute atomic E-state index is 0.765. The summed E-state index contributed by atoms with van der Waals surface area (Å²) in [6, 6.07) is 0. The summed E-state index contributed by atoms with van der Waals surface area (Å²) >= 11 is 1.58. The molecule has 0 unspecified atom stereocenters. The van der Waals surface area contributed by atoms with E-state index in [9.17, 15) is 0 Å². The third-order valence-electron chi connectivity index (χ3n) is 2.96. The average Bonchev–Trinajstić information content (AvgIpc) is 3.12. The monoisotopic (exact) mass is 289 g/mol. The fraction of sp³-hybridized carbons (Fsp3) is 0.333. The van der Waals surface area contributed by atoms with Gasteiger partial charge in [0.05, 0.1) is 11.7 Å². The fourth-order valence-corrected chi connectivity index (χ4v) is 2.54. The highest BCUT2D eigenvalue weighted by molar-refractivity contribution is 7.98. The summed E-state index contributed by atoms with van der Waals surface area (Å²) < 4.78 is 2.06. The van der Waals surface area contributed by atoms with Crippen LogP contribution in [0.3, 0.4) is 0 Å². The summed E-state index contributed by atoms with van der Waals surface area (Å²) in [4.78, 5) is 12.5. The van der Waals surface area contributed by atoms with Gasteiger partial charge in [0.15, 0.2) is 5.65 Å². The maximum atomic E-state index is 4.31. The second kappa shape index (κ2) is 5.91. The van der Waals surface area contributed by atoms with E-state index in [1.807, 2.05) is 18.8 Å². The summed E-state index contributed by atoms with van der Waals surface area (Å²) in [7, 11) is 0. The normalized spacial score (nSPS) is 11.1. The molecule has 2 N–H and O–H groups in total. The van der Waals surface area contributed by atoms with Crippen LogP contribution in [0.25, 0.3) is 11.0 Å². The van der Waals surface area contributed by atoms with Crippen LogP contribution in [0.2, 0.25) is 0 Å². The SMILES string of the molecule is CSc1n[nH]c2ncnc(NCCCn3ccnc3)c12. The van der Waals surface area contributed by atoms with Crippen LogP contribution in [0.1, 0.15) is 6.42 Å². The van der Waals surface area contributed by atoms with Gasteiger partial charge in [0, 0.05) is 25.5 Å². The molecule has 20 heavy (non-hydrogen) atoms. The first kappa shape index (κ1) is 12.9. The van der Waals surface area contributed by atoms with E-state index in [-0.39, 0.29) is 0 Å². The van der Waals surface area contributed by atoms with Gasteiger partial charge in [0.25, 0.3) is 0 Å². The van der Waals surface area contributed by atoms with Crippen LogP contribution in [0, 0.1) is 0 Å². The number of anilines is 1. The maximum absolute atomic E-state index is 4.31. The molecule has 0 amide bonds. The van der Waals surface area contributed by atoms with Gasteiger partial charge in [-0.2, -0.15) is 5.10 Å². The zero-order chi connectivity index (χ0) is 13.8. The van der Waals surface area contributed by atoms with Crippen LogP contribution < -0.4 is 5.32 Å². The molecule has 3 aromatic heterocycles.